The molecular weight excluding hydrogens is 291 g/mol. The van der Waals surface area contributed by atoms with E-state index in [1.165, 1.54) is 17.4 Å². The molecule has 0 unspecified atom stereocenters. The molecule has 0 aliphatic heterocycles. The Morgan fingerprint density at radius 2 is 1.76 bits per heavy atom. The van der Waals surface area contributed by atoms with Crippen LogP contribution >= 0.6 is 0 Å². The summed E-state index contributed by atoms with van der Waals surface area (Å²) >= 11 is 0. The van der Waals surface area contributed by atoms with Gasteiger partial charge in [-0.25, -0.2) is 4.79 Å². The second-order valence-electron chi connectivity index (χ2n) is 4.04. The lowest BCUT2D eigenvalue weighted by molar-refractivity contribution is -0.175. The van der Waals surface area contributed by atoms with Crippen LogP contribution in [-0.2, 0) is 14.3 Å². The number of carbonyl (C=O) groups is 3. The van der Waals surface area contributed by atoms with Crippen LogP contribution in [0.25, 0.3) is 0 Å². The maximum absolute atomic E-state index is 12.2. The predicted octanol–water partition coefficient (Wildman–Crippen LogP) is 1.48. The van der Waals surface area contributed by atoms with Gasteiger partial charge in [-0.05, 0) is 0 Å². The predicted molar refractivity (Wildman–Crippen MR) is 65.4 cm³/mol. The van der Waals surface area contributed by atoms with Crippen LogP contribution in [0.3, 0.4) is 0 Å². The van der Waals surface area contributed by atoms with Crippen LogP contribution in [0, 0.1) is 0 Å². The first-order valence-corrected chi connectivity index (χ1v) is 5.79. The molecule has 0 heterocycles. The van der Waals surface area contributed by atoms with E-state index in [0.717, 1.165) is 7.11 Å². The van der Waals surface area contributed by atoms with E-state index in [0.29, 0.717) is 0 Å². The smallest absolute Gasteiger partial charge is 0.467 e. The molecule has 0 aromatic heterocycles. The minimum Gasteiger partial charge on any atom is -0.467 e. The number of hydrogen-bond donors (Lipinski definition) is 1. The fourth-order valence-corrected chi connectivity index (χ4v) is 1.50. The van der Waals surface area contributed by atoms with Crippen molar-refractivity contribution in [1.82, 2.24) is 5.32 Å². The summed E-state index contributed by atoms with van der Waals surface area (Å²) in [5.74, 6) is -4.02. The third-order valence-electron chi connectivity index (χ3n) is 2.53. The summed E-state index contributed by atoms with van der Waals surface area (Å²) in [4.78, 5) is 34.1. The molecule has 0 aliphatic carbocycles. The number of halogens is 3. The fraction of sp³-hybridized carbons (Fsp3) is 0.308. The molecule has 0 fully saturated rings. The van der Waals surface area contributed by atoms with E-state index in [1.54, 1.807) is 18.2 Å². The van der Waals surface area contributed by atoms with Crippen molar-refractivity contribution in [3.63, 3.8) is 0 Å². The lowest BCUT2D eigenvalue weighted by Gasteiger charge is -2.16. The fourth-order valence-electron chi connectivity index (χ4n) is 1.50. The van der Waals surface area contributed by atoms with Crippen LogP contribution in [0.2, 0.25) is 0 Å². The number of Topliss-reactive ketones (excluding diaryl/α,β-unsaturated/α-hetero) is 1. The maximum Gasteiger partial charge on any atom is 0.471 e. The van der Waals surface area contributed by atoms with Crippen molar-refractivity contribution >= 4 is 17.7 Å². The van der Waals surface area contributed by atoms with Crippen LogP contribution in [0.1, 0.15) is 16.8 Å². The molecule has 0 bridgehead atoms. The van der Waals surface area contributed by atoms with Crippen LogP contribution in [0.4, 0.5) is 13.2 Å². The molecule has 1 aromatic carbocycles. The number of rotatable bonds is 5. The number of carbonyl (C=O) groups excluding carboxylic acids is 3. The number of esters is 1. The zero-order valence-corrected chi connectivity index (χ0v) is 10.9. The van der Waals surface area contributed by atoms with E-state index in [2.05, 4.69) is 4.74 Å². The Labute approximate surface area is 118 Å². The van der Waals surface area contributed by atoms with Gasteiger partial charge in [-0.1, -0.05) is 30.3 Å². The summed E-state index contributed by atoms with van der Waals surface area (Å²) in [7, 11) is 0.946. The second kappa shape index (κ2) is 6.87. The summed E-state index contributed by atoms with van der Waals surface area (Å²) in [5.41, 5.74) is 0.215. The SMILES string of the molecule is COC(=O)[C@H](CC(=O)c1ccccc1)NC(=O)C(F)(F)F. The Balaban J connectivity index is 2.82. The summed E-state index contributed by atoms with van der Waals surface area (Å²) in [5, 5.41) is 1.45. The Bertz CT molecular complexity index is 528. The average molecular weight is 303 g/mol. The zero-order chi connectivity index (χ0) is 16.0. The van der Waals surface area contributed by atoms with E-state index in [1.807, 2.05) is 0 Å². The Morgan fingerprint density at radius 3 is 2.24 bits per heavy atom. The van der Waals surface area contributed by atoms with Crippen LogP contribution in [-0.4, -0.2) is 37.0 Å². The van der Waals surface area contributed by atoms with E-state index < -0.39 is 36.3 Å². The number of ether oxygens (including phenoxy) is 1. The third-order valence-corrected chi connectivity index (χ3v) is 2.53. The van der Waals surface area contributed by atoms with Gasteiger partial charge in [0.25, 0.3) is 0 Å². The van der Waals surface area contributed by atoms with E-state index in [9.17, 15) is 27.6 Å². The lowest BCUT2D eigenvalue weighted by atomic mass is 10.0. The standard InChI is InChI=1S/C13H12F3NO4/c1-21-11(19)9(17-12(20)13(14,15)16)7-10(18)8-5-3-2-4-6-8/h2-6,9H,7H2,1H3,(H,17,20)/t9-/m0/s1. The third kappa shape index (κ3) is 4.90. The number of hydrogen-bond acceptors (Lipinski definition) is 4. The van der Waals surface area contributed by atoms with Gasteiger partial charge in [0, 0.05) is 12.0 Å². The molecule has 1 rings (SSSR count). The summed E-state index contributed by atoms with van der Waals surface area (Å²) in [6.07, 6.45) is -5.78. The molecule has 5 nitrogen and oxygen atoms in total. The first-order valence-electron chi connectivity index (χ1n) is 5.79. The number of methoxy groups -OCH3 is 1. The zero-order valence-electron chi connectivity index (χ0n) is 10.9. The first kappa shape index (κ1) is 16.7. The highest BCUT2D eigenvalue weighted by atomic mass is 19.4. The molecule has 114 valence electrons. The molecule has 0 aliphatic rings. The molecule has 1 aromatic rings. The van der Waals surface area contributed by atoms with Gasteiger partial charge in [0.05, 0.1) is 7.11 Å². The number of amides is 1. The van der Waals surface area contributed by atoms with Gasteiger partial charge in [-0.2, -0.15) is 13.2 Å². The number of benzene rings is 1. The van der Waals surface area contributed by atoms with Gasteiger partial charge in [0.15, 0.2) is 5.78 Å². The van der Waals surface area contributed by atoms with Crippen molar-refractivity contribution in [3.05, 3.63) is 35.9 Å². The molecule has 0 radical (unpaired) electrons. The largest absolute Gasteiger partial charge is 0.471 e. The molecule has 21 heavy (non-hydrogen) atoms. The van der Waals surface area contributed by atoms with Crippen LogP contribution in [0.5, 0.6) is 0 Å². The van der Waals surface area contributed by atoms with Crippen LogP contribution < -0.4 is 5.32 Å². The number of nitrogens with one attached hydrogen (secondary N) is 1. The molecule has 0 saturated heterocycles. The maximum atomic E-state index is 12.2. The van der Waals surface area contributed by atoms with Gasteiger partial charge in [-0.3, -0.25) is 9.59 Å². The van der Waals surface area contributed by atoms with Gasteiger partial charge < -0.3 is 10.1 Å². The van der Waals surface area contributed by atoms with Gasteiger partial charge in [0.1, 0.15) is 6.04 Å². The van der Waals surface area contributed by atoms with Crippen LogP contribution in [0.15, 0.2) is 30.3 Å². The Hall–Kier alpha value is -2.38. The lowest BCUT2D eigenvalue weighted by Crippen LogP contribution is -2.48. The monoisotopic (exact) mass is 303 g/mol. The van der Waals surface area contributed by atoms with E-state index >= 15 is 0 Å². The molecule has 8 heteroatoms. The summed E-state index contributed by atoms with van der Waals surface area (Å²) in [6.45, 7) is 0. The van der Waals surface area contributed by atoms with E-state index in [4.69, 9.17) is 0 Å². The normalized spacial score (nSPS) is 12.4. The minimum absolute atomic E-state index is 0.215. The molecule has 1 N–H and O–H groups in total. The van der Waals surface area contributed by atoms with Crippen molar-refractivity contribution in [1.29, 1.82) is 0 Å². The van der Waals surface area contributed by atoms with Crippen molar-refractivity contribution in [2.24, 2.45) is 0 Å². The average Bonchev–Trinajstić information content (AvgIpc) is 2.45. The first-order chi connectivity index (χ1) is 9.75. The van der Waals surface area contributed by atoms with Gasteiger partial charge in [-0.15, -0.1) is 0 Å². The highest BCUT2D eigenvalue weighted by Gasteiger charge is 2.41. The summed E-state index contributed by atoms with van der Waals surface area (Å²) < 4.78 is 40.9. The quantitative estimate of drug-likeness (QED) is 0.660. The topological polar surface area (TPSA) is 72.5 Å². The molecule has 1 amide bonds. The van der Waals surface area contributed by atoms with Gasteiger partial charge >= 0.3 is 18.1 Å². The molecule has 1 atom stereocenters. The molecule has 0 saturated carbocycles. The van der Waals surface area contributed by atoms with Crippen molar-refractivity contribution in [2.45, 2.75) is 18.6 Å². The Kier molecular flexibility index (Phi) is 5.45. The second-order valence-corrected chi connectivity index (χ2v) is 4.04. The minimum atomic E-state index is -5.15. The summed E-state index contributed by atoms with van der Waals surface area (Å²) in [6, 6.07) is 5.98. The van der Waals surface area contributed by atoms with Crippen molar-refractivity contribution in [2.75, 3.05) is 7.11 Å². The Morgan fingerprint density at radius 1 is 1.19 bits per heavy atom. The molecular formula is C13H12F3NO4. The highest BCUT2D eigenvalue weighted by Crippen LogP contribution is 2.15. The van der Waals surface area contributed by atoms with Gasteiger partial charge in [0.2, 0.25) is 0 Å². The molecule has 0 spiro atoms. The number of ketones is 1. The van der Waals surface area contributed by atoms with Crippen molar-refractivity contribution < 1.29 is 32.3 Å². The van der Waals surface area contributed by atoms with E-state index in [-0.39, 0.29) is 5.56 Å². The number of alkyl halides is 3. The van der Waals surface area contributed by atoms with Crippen molar-refractivity contribution in [3.8, 4) is 0 Å². The highest BCUT2D eigenvalue weighted by molar-refractivity contribution is 6.00.